The van der Waals surface area contributed by atoms with Crippen LogP contribution in [0.15, 0.2) is 18.2 Å². The quantitative estimate of drug-likeness (QED) is 0.586. The van der Waals surface area contributed by atoms with E-state index in [0.717, 1.165) is 68.9 Å². The first-order chi connectivity index (χ1) is 17.8. The lowest BCUT2D eigenvalue weighted by atomic mass is 9.85. The van der Waals surface area contributed by atoms with Gasteiger partial charge < -0.3 is 10.0 Å². The number of amides is 4. The second-order valence-corrected chi connectivity index (χ2v) is 11.2. The summed E-state index contributed by atoms with van der Waals surface area (Å²) < 4.78 is 0. The zero-order chi connectivity index (χ0) is 25.8. The molecule has 6 rings (SSSR count). The van der Waals surface area contributed by atoms with Crippen LogP contribution in [0, 0.1) is 17.8 Å². The van der Waals surface area contributed by atoms with Gasteiger partial charge in [0.2, 0.25) is 11.8 Å². The highest BCUT2D eigenvalue weighted by Gasteiger charge is 2.45. The smallest absolute Gasteiger partial charge is 0.306 e. The Labute approximate surface area is 214 Å². The maximum atomic E-state index is 13.2. The first kappa shape index (κ1) is 24.1. The van der Waals surface area contributed by atoms with E-state index in [2.05, 4.69) is 15.1 Å². The van der Waals surface area contributed by atoms with Gasteiger partial charge in [0.25, 0.3) is 11.8 Å². The Kier molecular flexibility index (Phi) is 6.01. The number of rotatable bonds is 4. The minimum atomic E-state index is -0.959. The lowest BCUT2D eigenvalue weighted by molar-refractivity contribution is -0.143. The van der Waals surface area contributed by atoms with E-state index in [0.29, 0.717) is 29.0 Å². The van der Waals surface area contributed by atoms with E-state index in [1.165, 1.54) is 0 Å². The summed E-state index contributed by atoms with van der Waals surface area (Å²) in [5.74, 6) is -1.68. The summed E-state index contributed by atoms with van der Waals surface area (Å²) in [5, 5.41) is 11.5. The SMILES string of the molecule is O=C1CCC(N2C(=O)c3ccc(N4CC[C@@H]5CN(C6CCC(C(=O)O)CC6)C[C@H]5C4)cc3C2=O)C(=O)N1. The van der Waals surface area contributed by atoms with E-state index < -0.39 is 29.7 Å². The number of hydrogen-bond donors (Lipinski definition) is 2. The Bertz CT molecular complexity index is 1180. The van der Waals surface area contributed by atoms with Crippen LogP contribution in [0.3, 0.4) is 0 Å². The maximum Gasteiger partial charge on any atom is 0.306 e. The second-order valence-electron chi connectivity index (χ2n) is 11.2. The number of benzene rings is 1. The molecular formula is C27H32N4O6. The Balaban J connectivity index is 1.12. The summed E-state index contributed by atoms with van der Waals surface area (Å²) in [4.78, 5) is 67.2. The van der Waals surface area contributed by atoms with Gasteiger partial charge in [-0.3, -0.25) is 39.1 Å². The van der Waals surface area contributed by atoms with Crippen molar-refractivity contribution < 1.29 is 29.1 Å². The molecule has 0 spiro atoms. The fourth-order valence-electron chi connectivity index (χ4n) is 7.08. The highest BCUT2D eigenvalue weighted by molar-refractivity contribution is 6.23. The molecule has 4 amide bonds. The summed E-state index contributed by atoms with van der Waals surface area (Å²) >= 11 is 0. The molecule has 1 aliphatic carbocycles. The van der Waals surface area contributed by atoms with Crippen LogP contribution in [0.4, 0.5) is 5.69 Å². The molecule has 2 N–H and O–H groups in total. The summed E-state index contributed by atoms with van der Waals surface area (Å²) in [6.45, 7) is 3.83. The number of carboxylic acids is 1. The molecule has 1 aromatic carbocycles. The number of fused-ring (bicyclic) bond motifs is 2. The van der Waals surface area contributed by atoms with Gasteiger partial charge in [-0.2, -0.15) is 0 Å². The molecule has 196 valence electrons. The lowest BCUT2D eigenvalue weighted by Gasteiger charge is -2.36. The number of aliphatic carboxylic acids is 1. The fraction of sp³-hybridized carbons (Fsp3) is 0.593. The second kappa shape index (κ2) is 9.24. The van der Waals surface area contributed by atoms with Crippen molar-refractivity contribution in [3.8, 4) is 0 Å². The topological polar surface area (TPSA) is 127 Å². The van der Waals surface area contributed by atoms with Gasteiger partial charge in [-0.05, 0) is 68.6 Å². The van der Waals surface area contributed by atoms with Crippen molar-refractivity contribution in [3.63, 3.8) is 0 Å². The van der Waals surface area contributed by atoms with E-state index in [-0.39, 0.29) is 24.7 Å². The van der Waals surface area contributed by atoms with Crippen molar-refractivity contribution in [2.24, 2.45) is 17.8 Å². The first-order valence-corrected chi connectivity index (χ1v) is 13.4. The summed E-state index contributed by atoms with van der Waals surface area (Å²) in [6.07, 6.45) is 4.72. The van der Waals surface area contributed by atoms with Crippen LogP contribution in [-0.4, -0.2) is 82.8 Å². The average Bonchev–Trinajstić information content (AvgIpc) is 3.42. The van der Waals surface area contributed by atoms with E-state index in [1.807, 2.05) is 6.07 Å². The van der Waals surface area contributed by atoms with Crippen molar-refractivity contribution in [2.45, 2.75) is 57.0 Å². The third-order valence-electron chi connectivity index (χ3n) is 9.18. The summed E-state index contributed by atoms with van der Waals surface area (Å²) in [6, 6.07) is 4.86. The van der Waals surface area contributed by atoms with Crippen molar-refractivity contribution in [2.75, 3.05) is 31.1 Å². The van der Waals surface area contributed by atoms with Gasteiger partial charge in [-0.25, -0.2) is 0 Å². The van der Waals surface area contributed by atoms with Crippen molar-refractivity contribution in [1.82, 2.24) is 15.1 Å². The van der Waals surface area contributed by atoms with Gasteiger partial charge in [0.15, 0.2) is 0 Å². The van der Waals surface area contributed by atoms with Gasteiger partial charge in [-0.15, -0.1) is 0 Å². The predicted octanol–water partition coefficient (Wildman–Crippen LogP) is 1.49. The largest absolute Gasteiger partial charge is 0.481 e. The van der Waals surface area contributed by atoms with Gasteiger partial charge in [-0.1, -0.05) is 0 Å². The zero-order valence-electron chi connectivity index (χ0n) is 20.7. The van der Waals surface area contributed by atoms with Crippen LogP contribution >= 0.6 is 0 Å². The van der Waals surface area contributed by atoms with E-state index in [1.54, 1.807) is 12.1 Å². The monoisotopic (exact) mass is 508 g/mol. The number of carbonyl (C=O) groups excluding carboxylic acids is 4. The maximum absolute atomic E-state index is 13.2. The molecule has 3 saturated heterocycles. The molecule has 37 heavy (non-hydrogen) atoms. The molecule has 4 aliphatic heterocycles. The normalized spacial score (nSPS) is 32.4. The van der Waals surface area contributed by atoms with Gasteiger partial charge in [0.05, 0.1) is 17.0 Å². The number of anilines is 1. The van der Waals surface area contributed by atoms with Crippen LogP contribution in [0.5, 0.6) is 0 Å². The Morgan fingerprint density at radius 3 is 2.32 bits per heavy atom. The average molecular weight is 509 g/mol. The van der Waals surface area contributed by atoms with Crippen molar-refractivity contribution in [3.05, 3.63) is 29.3 Å². The zero-order valence-corrected chi connectivity index (χ0v) is 20.7. The number of nitrogens with zero attached hydrogens (tertiary/aromatic N) is 3. The Hall–Kier alpha value is -3.27. The Morgan fingerprint density at radius 2 is 1.59 bits per heavy atom. The number of nitrogens with one attached hydrogen (secondary N) is 1. The van der Waals surface area contributed by atoms with Crippen molar-refractivity contribution in [1.29, 1.82) is 0 Å². The van der Waals surface area contributed by atoms with Gasteiger partial charge in [0, 0.05) is 44.3 Å². The van der Waals surface area contributed by atoms with E-state index >= 15 is 0 Å². The molecule has 5 aliphatic rings. The molecule has 1 unspecified atom stereocenters. The van der Waals surface area contributed by atoms with Crippen LogP contribution in [-0.2, 0) is 14.4 Å². The highest BCUT2D eigenvalue weighted by Crippen LogP contribution is 2.38. The molecule has 1 saturated carbocycles. The molecule has 4 heterocycles. The van der Waals surface area contributed by atoms with Crippen molar-refractivity contribution >= 4 is 35.3 Å². The lowest BCUT2D eigenvalue weighted by Crippen LogP contribution is -2.54. The first-order valence-electron chi connectivity index (χ1n) is 13.4. The summed E-state index contributed by atoms with van der Waals surface area (Å²) in [7, 11) is 0. The molecule has 0 aromatic heterocycles. The van der Waals surface area contributed by atoms with Crippen LogP contribution < -0.4 is 10.2 Å². The number of imide groups is 2. The third kappa shape index (κ3) is 4.21. The van der Waals surface area contributed by atoms with Gasteiger partial charge >= 0.3 is 5.97 Å². The van der Waals surface area contributed by atoms with E-state index in [9.17, 15) is 29.1 Å². The third-order valence-corrected chi connectivity index (χ3v) is 9.18. The van der Waals surface area contributed by atoms with Crippen LogP contribution in [0.25, 0.3) is 0 Å². The van der Waals surface area contributed by atoms with Crippen LogP contribution in [0.1, 0.15) is 65.7 Å². The Morgan fingerprint density at radius 1 is 0.865 bits per heavy atom. The number of hydrogen-bond acceptors (Lipinski definition) is 7. The van der Waals surface area contributed by atoms with Gasteiger partial charge in [0.1, 0.15) is 6.04 Å². The fourth-order valence-corrected chi connectivity index (χ4v) is 7.08. The highest BCUT2D eigenvalue weighted by atomic mass is 16.4. The molecule has 4 fully saturated rings. The number of piperidine rings is 2. The molecule has 10 heteroatoms. The predicted molar refractivity (Wildman–Crippen MR) is 132 cm³/mol. The van der Waals surface area contributed by atoms with E-state index in [4.69, 9.17) is 0 Å². The molecule has 0 bridgehead atoms. The molecule has 3 atom stereocenters. The standard InChI is InChI=1S/C27H32N4O6/c32-23-8-7-22(24(33)28-23)31-25(34)20-6-5-19(11-21(20)26(31)35)29-10-9-16-12-30(14-17(16)13-29)18-3-1-15(2-4-18)27(36)37/h5-6,11,15-18,22H,1-4,7-10,12-14H2,(H,36,37)(H,28,32,33)/t15?,16-,17-,18?,22?/m1/s1. The summed E-state index contributed by atoms with van der Waals surface area (Å²) in [5.41, 5.74) is 1.53. The molecule has 0 radical (unpaired) electrons. The molecule has 1 aromatic rings. The number of likely N-dealkylation sites (tertiary alicyclic amines) is 1. The minimum Gasteiger partial charge on any atom is -0.481 e. The number of carboxylic acid groups (broad SMARTS) is 1. The minimum absolute atomic E-state index is 0.101. The molecular weight excluding hydrogens is 476 g/mol. The van der Waals surface area contributed by atoms with Crippen LogP contribution in [0.2, 0.25) is 0 Å². The number of carbonyl (C=O) groups is 5. The molecule has 10 nitrogen and oxygen atoms in total.